The molecule has 3 rings (SSSR count). The maximum atomic E-state index is 12.5. The van der Waals surface area contributed by atoms with Gasteiger partial charge < -0.3 is 9.47 Å². The predicted octanol–water partition coefficient (Wildman–Crippen LogP) is 4.85. The molecule has 0 aliphatic carbocycles. The number of rotatable bonds is 8. The summed E-state index contributed by atoms with van der Waals surface area (Å²) in [6.07, 6.45) is 2.22. The molecule has 0 unspecified atom stereocenters. The van der Waals surface area contributed by atoms with E-state index in [2.05, 4.69) is 33.7 Å². The third-order valence-electron chi connectivity index (χ3n) is 4.74. The number of methoxy groups -OCH3 is 1. The van der Waals surface area contributed by atoms with Gasteiger partial charge in [-0.2, -0.15) is 5.26 Å². The van der Waals surface area contributed by atoms with Gasteiger partial charge in [0.1, 0.15) is 23.3 Å². The van der Waals surface area contributed by atoms with Gasteiger partial charge >= 0.3 is 0 Å². The summed E-state index contributed by atoms with van der Waals surface area (Å²) in [6.45, 7) is 6.45. The quantitative estimate of drug-likeness (QED) is 0.391. The summed E-state index contributed by atoms with van der Waals surface area (Å²) in [4.78, 5) is 12.5. The molecule has 8 heteroatoms. The zero-order chi connectivity index (χ0) is 23.1. The predicted molar refractivity (Wildman–Crippen MR) is 125 cm³/mol. The van der Waals surface area contributed by atoms with Crippen molar-refractivity contribution in [1.29, 1.82) is 5.26 Å². The standard InChI is InChI=1S/C24H24N4O3S/c1-5-22-27-28-24(32-22)26-23(29)18(13-25)11-17-8-9-20(21(12-17)30-4)31-14-19-10-15(2)6-7-16(19)3/h6-12H,5,14H2,1-4H3,(H,26,28,29). The van der Waals surface area contributed by atoms with Crippen LogP contribution >= 0.6 is 11.3 Å². The first-order chi connectivity index (χ1) is 15.4. The minimum Gasteiger partial charge on any atom is -0.493 e. The number of nitrogens with zero attached hydrogens (tertiary/aromatic N) is 3. The Balaban J connectivity index is 1.75. The van der Waals surface area contributed by atoms with Crippen LogP contribution in [-0.4, -0.2) is 23.2 Å². The Bertz CT molecular complexity index is 1190. The number of carbonyl (C=O) groups is 1. The highest BCUT2D eigenvalue weighted by Crippen LogP contribution is 2.30. The van der Waals surface area contributed by atoms with Crippen molar-refractivity contribution in [3.8, 4) is 17.6 Å². The summed E-state index contributed by atoms with van der Waals surface area (Å²) in [5.74, 6) is 0.549. The molecule has 1 N–H and O–H groups in total. The van der Waals surface area contributed by atoms with E-state index in [0.717, 1.165) is 22.6 Å². The van der Waals surface area contributed by atoms with E-state index in [1.165, 1.54) is 23.0 Å². The molecule has 0 bridgehead atoms. The summed E-state index contributed by atoms with van der Waals surface area (Å²) in [5, 5.41) is 21.1. The third-order valence-corrected chi connectivity index (χ3v) is 5.72. The molecule has 0 atom stereocenters. The Morgan fingerprint density at radius 2 is 2.00 bits per heavy atom. The van der Waals surface area contributed by atoms with Gasteiger partial charge in [0.15, 0.2) is 11.5 Å². The molecular formula is C24H24N4O3S. The van der Waals surface area contributed by atoms with E-state index in [-0.39, 0.29) is 5.57 Å². The Morgan fingerprint density at radius 1 is 1.19 bits per heavy atom. The molecule has 0 fully saturated rings. The Labute approximate surface area is 191 Å². The van der Waals surface area contributed by atoms with Crippen LogP contribution in [0, 0.1) is 25.2 Å². The fourth-order valence-corrected chi connectivity index (χ4v) is 3.61. The number of aromatic nitrogens is 2. The van der Waals surface area contributed by atoms with Gasteiger partial charge in [-0.3, -0.25) is 10.1 Å². The van der Waals surface area contributed by atoms with Crippen LogP contribution in [0.2, 0.25) is 0 Å². The van der Waals surface area contributed by atoms with Crippen molar-refractivity contribution in [2.45, 2.75) is 33.8 Å². The minimum absolute atomic E-state index is 0.0515. The van der Waals surface area contributed by atoms with Crippen LogP contribution < -0.4 is 14.8 Å². The van der Waals surface area contributed by atoms with Crippen molar-refractivity contribution in [3.63, 3.8) is 0 Å². The number of hydrogen-bond donors (Lipinski definition) is 1. The van der Waals surface area contributed by atoms with E-state index in [0.29, 0.717) is 28.8 Å². The van der Waals surface area contributed by atoms with E-state index in [1.807, 2.05) is 26.8 Å². The van der Waals surface area contributed by atoms with E-state index in [1.54, 1.807) is 25.3 Å². The minimum atomic E-state index is -0.541. The number of ether oxygens (including phenoxy) is 2. The average molecular weight is 449 g/mol. The topological polar surface area (TPSA) is 97.1 Å². The number of nitrogens with one attached hydrogen (secondary N) is 1. The number of nitriles is 1. The van der Waals surface area contributed by atoms with Crippen molar-refractivity contribution in [2.24, 2.45) is 0 Å². The normalized spacial score (nSPS) is 11.0. The van der Waals surface area contributed by atoms with Crippen molar-refractivity contribution >= 4 is 28.5 Å². The second-order valence-corrected chi connectivity index (χ2v) is 8.17. The molecule has 1 aromatic heterocycles. The fourth-order valence-electron chi connectivity index (χ4n) is 2.93. The monoisotopic (exact) mass is 448 g/mol. The number of anilines is 1. The molecule has 0 spiro atoms. The van der Waals surface area contributed by atoms with Crippen LogP contribution in [0.5, 0.6) is 11.5 Å². The van der Waals surface area contributed by atoms with Gasteiger partial charge in [0.05, 0.1) is 7.11 Å². The van der Waals surface area contributed by atoms with Crippen molar-refractivity contribution in [1.82, 2.24) is 10.2 Å². The van der Waals surface area contributed by atoms with Gasteiger partial charge in [0, 0.05) is 0 Å². The lowest BCUT2D eigenvalue weighted by molar-refractivity contribution is -0.112. The van der Waals surface area contributed by atoms with Crippen LogP contribution in [-0.2, 0) is 17.8 Å². The maximum Gasteiger partial charge on any atom is 0.268 e. The van der Waals surface area contributed by atoms with Crippen molar-refractivity contribution in [2.75, 3.05) is 12.4 Å². The summed E-state index contributed by atoms with van der Waals surface area (Å²) in [6, 6.07) is 13.4. The number of benzene rings is 2. The van der Waals surface area contributed by atoms with Crippen LogP contribution in [0.1, 0.15) is 34.2 Å². The second kappa shape index (κ2) is 10.6. The first kappa shape index (κ1) is 23.0. The lowest BCUT2D eigenvalue weighted by atomic mass is 10.1. The molecule has 2 aromatic carbocycles. The summed E-state index contributed by atoms with van der Waals surface area (Å²) >= 11 is 1.28. The zero-order valence-electron chi connectivity index (χ0n) is 18.4. The highest BCUT2D eigenvalue weighted by atomic mass is 32.1. The van der Waals surface area contributed by atoms with Gasteiger partial charge in [-0.05, 0) is 55.2 Å². The molecule has 0 saturated carbocycles. The molecule has 3 aromatic rings. The molecule has 0 saturated heterocycles. The van der Waals surface area contributed by atoms with Crippen molar-refractivity contribution in [3.05, 3.63) is 69.2 Å². The molecule has 7 nitrogen and oxygen atoms in total. The number of carbonyl (C=O) groups excluding carboxylic acids is 1. The highest BCUT2D eigenvalue weighted by Gasteiger charge is 2.14. The SMILES string of the molecule is CCc1nnc(NC(=O)C(C#N)=Cc2ccc(OCc3cc(C)ccc3C)c(OC)c2)s1. The van der Waals surface area contributed by atoms with E-state index < -0.39 is 5.91 Å². The first-order valence-electron chi connectivity index (χ1n) is 10.1. The van der Waals surface area contributed by atoms with E-state index in [4.69, 9.17) is 9.47 Å². The maximum absolute atomic E-state index is 12.5. The van der Waals surface area contributed by atoms with Crippen LogP contribution in [0.4, 0.5) is 5.13 Å². The molecule has 0 radical (unpaired) electrons. The summed E-state index contributed by atoms with van der Waals surface area (Å²) in [5.41, 5.74) is 4.01. The molecule has 1 amide bonds. The Hall–Kier alpha value is -3.70. The number of amides is 1. The van der Waals surface area contributed by atoms with Crippen molar-refractivity contribution < 1.29 is 14.3 Å². The van der Waals surface area contributed by atoms with Gasteiger partial charge in [-0.25, -0.2) is 0 Å². The van der Waals surface area contributed by atoms with Gasteiger partial charge in [0.25, 0.3) is 5.91 Å². The molecular weight excluding hydrogens is 424 g/mol. The molecule has 0 aliphatic heterocycles. The summed E-state index contributed by atoms with van der Waals surface area (Å²) in [7, 11) is 1.55. The number of aryl methyl sites for hydroxylation is 3. The second-order valence-electron chi connectivity index (χ2n) is 7.11. The van der Waals surface area contributed by atoms with Crippen LogP contribution in [0.3, 0.4) is 0 Å². The fraction of sp³-hybridized carbons (Fsp3) is 0.250. The Morgan fingerprint density at radius 3 is 2.69 bits per heavy atom. The smallest absolute Gasteiger partial charge is 0.268 e. The summed E-state index contributed by atoms with van der Waals surface area (Å²) < 4.78 is 11.4. The van der Waals surface area contributed by atoms with Crippen LogP contribution in [0.25, 0.3) is 6.08 Å². The lowest BCUT2D eigenvalue weighted by Crippen LogP contribution is -2.13. The zero-order valence-corrected chi connectivity index (χ0v) is 19.2. The van der Waals surface area contributed by atoms with Gasteiger partial charge in [-0.15, -0.1) is 10.2 Å². The molecule has 32 heavy (non-hydrogen) atoms. The Kier molecular flexibility index (Phi) is 7.58. The molecule has 164 valence electrons. The molecule has 0 aliphatic rings. The first-order valence-corrected chi connectivity index (χ1v) is 10.9. The highest BCUT2D eigenvalue weighted by molar-refractivity contribution is 7.15. The van der Waals surface area contributed by atoms with Gasteiger partial charge in [0.2, 0.25) is 5.13 Å². The van der Waals surface area contributed by atoms with Gasteiger partial charge in [-0.1, -0.05) is 48.1 Å². The third kappa shape index (κ3) is 5.71. The average Bonchev–Trinajstić information content (AvgIpc) is 3.25. The lowest BCUT2D eigenvalue weighted by Gasteiger charge is -2.13. The number of hydrogen-bond acceptors (Lipinski definition) is 7. The van der Waals surface area contributed by atoms with E-state index in [9.17, 15) is 10.1 Å². The molecule has 1 heterocycles. The van der Waals surface area contributed by atoms with E-state index >= 15 is 0 Å². The van der Waals surface area contributed by atoms with Crippen LogP contribution in [0.15, 0.2) is 42.0 Å². The largest absolute Gasteiger partial charge is 0.493 e.